The Balaban J connectivity index is 1.67. The van der Waals surface area contributed by atoms with Crippen molar-refractivity contribution in [3.63, 3.8) is 0 Å². The van der Waals surface area contributed by atoms with E-state index in [-0.39, 0.29) is 42.8 Å². The molecular weight excluding hydrogens is 461 g/mol. The van der Waals surface area contributed by atoms with E-state index in [1.807, 2.05) is 13.8 Å². The molecule has 2 N–H and O–H groups in total. The van der Waals surface area contributed by atoms with Crippen molar-refractivity contribution in [3.05, 3.63) is 53.1 Å². The number of benzene rings is 2. The summed E-state index contributed by atoms with van der Waals surface area (Å²) in [7, 11) is 0. The van der Waals surface area contributed by atoms with E-state index in [1.54, 1.807) is 30.0 Å². The van der Waals surface area contributed by atoms with Gasteiger partial charge in [0, 0.05) is 38.5 Å². The normalized spacial score (nSPS) is 14.5. The van der Waals surface area contributed by atoms with Gasteiger partial charge in [0.05, 0.1) is 18.8 Å². The summed E-state index contributed by atoms with van der Waals surface area (Å²) in [6, 6.07) is 8.77. The number of phenols is 1. The minimum atomic E-state index is -4.43. The van der Waals surface area contributed by atoms with Crippen LogP contribution in [0.1, 0.15) is 43.9 Å². The van der Waals surface area contributed by atoms with Crippen molar-refractivity contribution in [1.29, 1.82) is 0 Å². The summed E-state index contributed by atoms with van der Waals surface area (Å²) in [5.41, 5.74) is 0.170. The van der Waals surface area contributed by atoms with Gasteiger partial charge in [0.2, 0.25) is 11.7 Å². The van der Waals surface area contributed by atoms with Crippen LogP contribution in [0.2, 0.25) is 0 Å². The lowest BCUT2D eigenvalue weighted by Crippen LogP contribution is -2.40. The van der Waals surface area contributed by atoms with Gasteiger partial charge in [0.25, 0.3) is 0 Å². The number of nitrogens with one attached hydrogen (secondary N) is 1. The quantitative estimate of drug-likeness (QED) is 0.514. The van der Waals surface area contributed by atoms with Crippen LogP contribution in [0.4, 0.5) is 13.2 Å². The Labute approximate surface area is 204 Å². The lowest BCUT2D eigenvalue weighted by molar-refractivity contribution is -0.138. The van der Waals surface area contributed by atoms with E-state index in [2.05, 4.69) is 5.32 Å². The highest BCUT2D eigenvalue weighted by Crippen LogP contribution is 2.39. The third kappa shape index (κ3) is 7.27. The molecule has 35 heavy (non-hydrogen) atoms. The Morgan fingerprint density at radius 1 is 1.14 bits per heavy atom. The Morgan fingerprint density at radius 2 is 1.86 bits per heavy atom. The third-order valence-corrected chi connectivity index (χ3v) is 5.67. The van der Waals surface area contributed by atoms with E-state index in [9.17, 15) is 23.1 Å². The smallest absolute Gasteiger partial charge is 0.416 e. The molecule has 0 spiro atoms. The van der Waals surface area contributed by atoms with Crippen LogP contribution in [-0.4, -0.2) is 42.2 Å². The zero-order chi connectivity index (χ0) is 25.6. The van der Waals surface area contributed by atoms with Gasteiger partial charge in [-0.1, -0.05) is 39.0 Å². The van der Waals surface area contributed by atoms with Gasteiger partial charge in [0.1, 0.15) is 0 Å². The van der Waals surface area contributed by atoms with Crippen LogP contribution in [0.3, 0.4) is 0 Å². The molecule has 0 saturated heterocycles. The molecule has 0 aromatic heterocycles. The highest BCUT2D eigenvalue weighted by Gasteiger charge is 2.32. The first kappa shape index (κ1) is 26.7. The van der Waals surface area contributed by atoms with Gasteiger partial charge in [-0.05, 0) is 35.2 Å². The van der Waals surface area contributed by atoms with Gasteiger partial charge < -0.3 is 24.8 Å². The molecule has 1 amide bonds. The van der Waals surface area contributed by atoms with Crippen LogP contribution in [-0.2, 0) is 24.1 Å². The lowest BCUT2D eigenvalue weighted by Gasteiger charge is -2.28. The second kappa shape index (κ2) is 11.7. The minimum Gasteiger partial charge on any atom is -0.504 e. The molecule has 0 bridgehead atoms. The lowest BCUT2D eigenvalue weighted by atomic mass is 10.1. The topological polar surface area (TPSA) is 71.0 Å². The van der Waals surface area contributed by atoms with E-state index >= 15 is 0 Å². The largest absolute Gasteiger partial charge is 0.504 e. The van der Waals surface area contributed by atoms with Crippen LogP contribution in [0.5, 0.6) is 17.2 Å². The van der Waals surface area contributed by atoms with Crippen molar-refractivity contribution in [2.45, 2.75) is 46.5 Å². The number of phenolic OH excluding ortho intramolecular Hbond substituents is 1. The molecule has 0 saturated carbocycles. The van der Waals surface area contributed by atoms with Crippen molar-refractivity contribution in [2.75, 3.05) is 26.3 Å². The Hall–Kier alpha value is -2.94. The number of aromatic hydroxyl groups is 1. The van der Waals surface area contributed by atoms with Crippen LogP contribution < -0.4 is 14.8 Å². The summed E-state index contributed by atoms with van der Waals surface area (Å²) in [4.78, 5) is 15.0. The number of nitrogens with zero attached hydrogens (tertiary/aromatic N) is 1. The number of halogens is 3. The molecule has 2 aromatic carbocycles. The molecule has 9 heteroatoms. The molecule has 1 heterocycles. The summed E-state index contributed by atoms with van der Waals surface area (Å²) < 4.78 is 50.9. The monoisotopic (exact) mass is 494 g/mol. The number of rotatable bonds is 9. The standard InChI is InChI=1S/C26H33F3N2O4/c1-17(2)15-31(16-19-11-22(32)24-23(12-19)34-9-6-10-35-24)25(33)18(3)13-30-14-20-7-4-5-8-21(20)26(27,28)29/h4-5,7-8,11-12,17-18,30,32H,6,9-10,13-16H2,1-3H3. The molecule has 6 nitrogen and oxygen atoms in total. The van der Waals surface area contributed by atoms with Gasteiger partial charge in [-0.15, -0.1) is 0 Å². The maximum Gasteiger partial charge on any atom is 0.416 e. The number of ether oxygens (including phenoxy) is 2. The molecule has 0 radical (unpaired) electrons. The number of fused-ring (bicyclic) bond motifs is 1. The molecule has 2 aromatic rings. The summed E-state index contributed by atoms with van der Waals surface area (Å²) in [6.07, 6.45) is -3.72. The first-order chi connectivity index (χ1) is 16.6. The fraction of sp³-hybridized carbons (Fsp3) is 0.500. The van der Waals surface area contributed by atoms with Gasteiger partial charge >= 0.3 is 6.18 Å². The van der Waals surface area contributed by atoms with Crippen LogP contribution in [0, 0.1) is 11.8 Å². The van der Waals surface area contributed by atoms with Gasteiger partial charge in [-0.25, -0.2) is 0 Å². The average molecular weight is 495 g/mol. The predicted octanol–water partition coefficient (Wildman–Crippen LogP) is 4.98. The van der Waals surface area contributed by atoms with Gasteiger partial charge in [-0.3, -0.25) is 4.79 Å². The van der Waals surface area contributed by atoms with E-state index in [1.165, 1.54) is 12.1 Å². The number of carbonyl (C=O) groups excluding carboxylic acids is 1. The number of hydrogen-bond acceptors (Lipinski definition) is 5. The Bertz CT molecular complexity index is 1010. The van der Waals surface area contributed by atoms with E-state index in [4.69, 9.17) is 9.47 Å². The summed E-state index contributed by atoms with van der Waals surface area (Å²) >= 11 is 0. The average Bonchev–Trinajstić information content (AvgIpc) is 3.03. The molecule has 0 aliphatic carbocycles. The zero-order valence-electron chi connectivity index (χ0n) is 20.3. The van der Waals surface area contributed by atoms with Crippen LogP contribution in [0.25, 0.3) is 0 Å². The van der Waals surface area contributed by atoms with Crippen LogP contribution >= 0.6 is 0 Å². The molecule has 1 unspecified atom stereocenters. The van der Waals surface area contributed by atoms with E-state index < -0.39 is 17.7 Å². The molecule has 1 atom stereocenters. The van der Waals surface area contributed by atoms with Crippen molar-refractivity contribution < 1.29 is 32.5 Å². The second-order valence-electron chi connectivity index (χ2n) is 9.29. The van der Waals surface area contributed by atoms with Crippen LogP contribution in [0.15, 0.2) is 36.4 Å². The third-order valence-electron chi connectivity index (χ3n) is 5.67. The van der Waals surface area contributed by atoms with E-state index in [0.717, 1.165) is 6.07 Å². The molecule has 192 valence electrons. The van der Waals surface area contributed by atoms with E-state index in [0.29, 0.717) is 43.2 Å². The van der Waals surface area contributed by atoms with Crippen molar-refractivity contribution in [2.24, 2.45) is 11.8 Å². The highest BCUT2D eigenvalue weighted by atomic mass is 19.4. The number of carbonyl (C=O) groups is 1. The molecular formula is C26H33F3N2O4. The predicted molar refractivity (Wildman–Crippen MR) is 126 cm³/mol. The first-order valence-corrected chi connectivity index (χ1v) is 11.8. The minimum absolute atomic E-state index is 0.00746. The second-order valence-corrected chi connectivity index (χ2v) is 9.29. The number of alkyl halides is 3. The maximum absolute atomic E-state index is 13.3. The molecule has 1 aliphatic rings. The zero-order valence-corrected chi connectivity index (χ0v) is 20.3. The van der Waals surface area contributed by atoms with Crippen molar-refractivity contribution in [1.82, 2.24) is 10.2 Å². The Kier molecular flexibility index (Phi) is 8.88. The van der Waals surface area contributed by atoms with Gasteiger partial charge in [-0.2, -0.15) is 13.2 Å². The number of amides is 1. The summed E-state index contributed by atoms with van der Waals surface area (Å²) in [5, 5.41) is 13.4. The van der Waals surface area contributed by atoms with Gasteiger partial charge in [0.15, 0.2) is 11.5 Å². The summed E-state index contributed by atoms with van der Waals surface area (Å²) in [6.45, 7) is 7.69. The first-order valence-electron chi connectivity index (χ1n) is 11.8. The maximum atomic E-state index is 13.3. The van der Waals surface area contributed by atoms with Crippen molar-refractivity contribution in [3.8, 4) is 17.2 Å². The molecule has 0 fully saturated rings. The summed E-state index contributed by atoms with van der Waals surface area (Å²) in [5.74, 6) is 0.348. The fourth-order valence-corrected chi connectivity index (χ4v) is 4.07. The molecule has 1 aliphatic heterocycles. The highest BCUT2D eigenvalue weighted by molar-refractivity contribution is 5.78. The SMILES string of the molecule is CC(C)CN(Cc1cc(O)c2c(c1)OCCCO2)C(=O)C(C)CNCc1ccccc1C(F)(F)F. The van der Waals surface area contributed by atoms with Crippen molar-refractivity contribution >= 4 is 5.91 Å². The number of hydrogen-bond donors (Lipinski definition) is 2. The Morgan fingerprint density at radius 3 is 2.57 bits per heavy atom. The fourth-order valence-electron chi connectivity index (χ4n) is 4.07. The molecule has 3 rings (SSSR count).